The van der Waals surface area contributed by atoms with Gasteiger partial charge in [0.25, 0.3) is 5.91 Å². The van der Waals surface area contributed by atoms with Crippen LogP contribution in [-0.4, -0.2) is 23.3 Å². The Labute approximate surface area is 173 Å². The highest BCUT2D eigenvalue weighted by molar-refractivity contribution is 5.99. The van der Waals surface area contributed by atoms with Crippen molar-refractivity contribution in [2.24, 2.45) is 10.5 Å². The first-order valence-electron chi connectivity index (χ1n) is 9.82. The molecule has 0 bridgehead atoms. The van der Waals surface area contributed by atoms with Gasteiger partial charge < -0.3 is 9.84 Å². The van der Waals surface area contributed by atoms with Crippen LogP contribution in [0.3, 0.4) is 0 Å². The highest BCUT2D eigenvalue weighted by Gasteiger charge is 2.27. The second kappa shape index (κ2) is 9.12. The first-order valence-corrected chi connectivity index (χ1v) is 9.82. The van der Waals surface area contributed by atoms with Crippen LogP contribution in [-0.2, 0) is 10.2 Å². The van der Waals surface area contributed by atoms with E-state index >= 15 is 0 Å². The van der Waals surface area contributed by atoms with E-state index in [1.165, 1.54) is 5.56 Å². The predicted octanol–water partition coefficient (Wildman–Crippen LogP) is 5.03. The molecule has 0 aliphatic carbocycles. The molecule has 2 aromatic rings. The lowest BCUT2D eigenvalue weighted by molar-refractivity contribution is -0.123. The van der Waals surface area contributed by atoms with Gasteiger partial charge in [0.15, 0.2) is 6.61 Å². The van der Waals surface area contributed by atoms with Gasteiger partial charge in [0.05, 0.1) is 5.71 Å². The standard InChI is InChI=1S/C24H32N2O3/c1-17(18-7-11-20(27)12-8-18)25-26-22(28)15-29-21-13-9-19(10-14-21)24(5,6)16-23(2,3)4/h7-14,27H,15-16H2,1-6H3,(H,26,28). The summed E-state index contributed by atoms with van der Waals surface area (Å²) in [4.78, 5) is 12.0. The highest BCUT2D eigenvalue weighted by atomic mass is 16.5. The molecule has 2 aromatic carbocycles. The van der Waals surface area contributed by atoms with Gasteiger partial charge in [-0.25, -0.2) is 5.43 Å². The molecule has 2 rings (SSSR count). The number of amides is 1. The van der Waals surface area contributed by atoms with Crippen LogP contribution < -0.4 is 10.2 Å². The summed E-state index contributed by atoms with van der Waals surface area (Å²) in [6, 6.07) is 14.5. The summed E-state index contributed by atoms with van der Waals surface area (Å²) >= 11 is 0. The fraction of sp³-hybridized carbons (Fsp3) is 0.417. The minimum absolute atomic E-state index is 0.0641. The average Bonchev–Trinajstić information content (AvgIpc) is 2.63. The van der Waals surface area contributed by atoms with Gasteiger partial charge in [-0.2, -0.15) is 5.10 Å². The SMILES string of the molecule is CC(=NNC(=O)COc1ccc(C(C)(C)CC(C)(C)C)cc1)c1ccc(O)cc1. The quantitative estimate of drug-likeness (QED) is 0.510. The lowest BCUT2D eigenvalue weighted by Crippen LogP contribution is -2.26. The monoisotopic (exact) mass is 396 g/mol. The summed E-state index contributed by atoms with van der Waals surface area (Å²) in [5, 5.41) is 13.4. The Hall–Kier alpha value is -2.82. The molecule has 0 aromatic heterocycles. The zero-order valence-electron chi connectivity index (χ0n) is 18.2. The number of carbonyl (C=O) groups excluding carboxylic acids is 1. The summed E-state index contributed by atoms with van der Waals surface area (Å²) in [5.41, 5.74) is 5.51. The zero-order valence-corrected chi connectivity index (χ0v) is 18.2. The largest absolute Gasteiger partial charge is 0.508 e. The van der Waals surface area contributed by atoms with E-state index in [0.717, 1.165) is 12.0 Å². The highest BCUT2D eigenvalue weighted by Crippen LogP contribution is 2.36. The number of hydrogen-bond donors (Lipinski definition) is 2. The normalized spacial score (nSPS) is 12.6. The van der Waals surface area contributed by atoms with Crippen molar-refractivity contribution in [3.8, 4) is 11.5 Å². The summed E-state index contributed by atoms with van der Waals surface area (Å²) in [7, 11) is 0. The van der Waals surface area contributed by atoms with Crippen molar-refractivity contribution in [1.82, 2.24) is 5.43 Å². The summed E-state index contributed by atoms with van der Waals surface area (Å²) in [6.07, 6.45) is 1.07. The van der Waals surface area contributed by atoms with Crippen LogP contribution in [0, 0.1) is 5.41 Å². The molecule has 0 saturated heterocycles. The van der Waals surface area contributed by atoms with Gasteiger partial charge in [0.2, 0.25) is 0 Å². The summed E-state index contributed by atoms with van der Waals surface area (Å²) in [5.74, 6) is 0.502. The van der Waals surface area contributed by atoms with Crippen molar-refractivity contribution in [3.05, 3.63) is 59.7 Å². The first kappa shape index (κ1) is 22.5. The molecular formula is C24H32N2O3. The van der Waals surface area contributed by atoms with Gasteiger partial charge in [0, 0.05) is 0 Å². The average molecular weight is 397 g/mol. The number of rotatable bonds is 7. The van der Waals surface area contributed by atoms with Gasteiger partial charge in [-0.15, -0.1) is 0 Å². The molecule has 0 aliphatic heterocycles. The third kappa shape index (κ3) is 7.26. The van der Waals surface area contributed by atoms with E-state index < -0.39 is 0 Å². The van der Waals surface area contributed by atoms with E-state index in [1.807, 2.05) is 12.1 Å². The van der Waals surface area contributed by atoms with Crippen LogP contribution in [0.1, 0.15) is 59.1 Å². The number of phenols is 1. The molecule has 0 fully saturated rings. The molecule has 1 amide bonds. The molecule has 5 heteroatoms. The number of ether oxygens (including phenoxy) is 1. The molecule has 29 heavy (non-hydrogen) atoms. The first-order chi connectivity index (χ1) is 13.5. The van der Waals surface area contributed by atoms with E-state index in [0.29, 0.717) is 11.5 Å². The van der Waals surface area contributed by atoms with Crippen molar-refractivity contribution in [2.75, 3.05) is 6.61 Å². The number of nitrogens with one attached hydrogen (secondary N) is 1. The number of carbonyl (C=O) groups is 1. The Morgan fingerprint density at radius 2 is 1.59 bits per heavy atom. The smallest absolute Gasteiger partial charge is 0.277 e. The van der Waals surface area contributed by atoms with Crippen LogP contribution in [0.4, 0.5) is 0 Å². The number of benzene rings is 2. The van der Waals surface area contributed by atoms with Crippen LogP contribution in [0.15, 0.2) is 53.6 Å². The molecule has 5 nitrogen and oxygen atoms in total. The molecule has 0 heterocycles. The Morgan fingerprint density at radius 1 is 1.00 bits per heavy atom. The van der Waals surface area contributed by atoms with Crippen LogP contribution in [0.2, 0.25) is 0 Å². The van der Waals surface area contributed by atoms with E-state index in [2.05, 4.69) is 57.3 Å². The number of hydrogen-bond acceptors (Lipinski definition) is 4. The summed E-state index contributed by atoms with van der Waals surface area (Å²) < 4.78 is 5.58. The number of hydrazone groups is 1. The van der Waals surface area contributed by atoms with Gasteiger partial charge >= 0.3 is 0 Å². The van der Waals surface area contributed by atoms with Crippen molar-refractivity contribution in [2.45, 2.75) is 53.4 Å². The Morgan fingerprint density at radius 3 is 2.14 bits per heavy atom. The van der Waals surface area contributed by atoms with Gasteiger partial charge in [-0.05, 0) is 71.7 Å². The lowest BCUT2D eigenvalue weighted by atomic mass is 9.72. The van der Waals surface area contributed by atoms with E-state index in [9.17, 15) is 9.90 Å². The third-order valence-corrected chi connectivity index (χ3v) is 4.61. The molecule has 156 valence electrons. The summed E-state index contributed by atoms with van der Waals surface area (Å²) in [6.45, 7) is 12.9. The number of aromatic hydroxyl groups is 1. The second-order valence-corrected chi connectivity index (χ2v) is 9.21. The molecule has 0 radical (unpaired) electrons. The fourth-order valence-electron chi connectivity index (χ4n) is 3.52. The number of phenolic OH excluding ortho intramolecular Hbond substituents is 1. The van der Waals surface area contributed by atoms with E-state index in [-0.39, 0.29) is 29.1 Å². The maximum atomic E-state index is 12.0. The topological polar surface area (TPSA) is 70.9 Å². The maximum absolute atomic E-state index is 12.0. The molecule has 0 saturated carbocycles. The van der Waals surface area contributed by atoms with Crippen molar-refractivity contribution in [3.63, 3.8) is 0 Å². The van der Waals surface area contributed by atoms with Crippen LogP contribution >= 0.6 is 0 Å². The maximum Gasteiger partial charge on any atom is 0.277 e. The van der Waals surface area contributed by atoms with Crippen molar-refractivity contribution < 1.29 is 14.6 Å². The number of nitrogens with zero attached hydrogens (tertiary/aromatic N) is 1. The van der Waals surface area contributed by atoms with Crippen LogP contribution in [0.25, 0.3) is 0 Å². The molecular weight excluding hydrogens is 364 g/mol. The van der Waals surface area contributed by atoms with Crippen LogP contribution in [0.5, 0.6) is 11.5 Å². The lowest BCUT2D eigenvalue weighted by Gasteiger charge is -2.33. The second-order valence-electron chi connectivity index (χ2n) is 9.21. The Bertz CT molecular complexity index is 845. The molecule has 0 unspecified atom stereocenters. The third-order valence-electron chi connectivity index (χ3n) is 4.61. The van der Waals surface area contributed by atoms with Crippen molar-refractivity contribution in [1.29, 1.82) is 0 Å². The molecule has 0 atom stereocenters. The Kier molecular flexibility index (Phi) is 7.07. The predicted molar refractivity (Wildman–Crippen MR) is 117 cm³/mol. The minimum Gasteiger partial charge on any atom is -0.508 e. The van der Waals surface area contributed by atoms with Crippen molar-refractivity contribution >= 4 is 11.6 Å². The zero-order chi connectivity index (χ0) is 21.7. The van der Waals surface area contributed by atoms with E-state index in [1.54, 1.807) is 31.2 Å². The molecule has 0 spiro atoms. The van der Waals surface area contributed by atoms with Gasteiger partial charge in [-0.3, -0.25) is 4.79 Å². The fourth-order valence-corrected chi connectivity index (χ4v) is 3.52. The minimum atomic E-state index is -0.333. The molecule has 2 N–H and O–H groups in total. The van der Waals surface area contributed by atoms with Gasteiger partial charge in [0.1, 0.15) is 11.5 Å². The molecule has 0 aliphatic rings. The van der Waals surface area contributed by atoms with Gasteiger partial charge in [-0.1, -0.05) is 46.8 Å². The van der Waals surface area contributed by atoms with E-state index in [4.69, 9.17) is 4.74 Å². The Balaban J connectivity index is 1.88.